The van der Waals surface area contributed by atoms with Crippen LogP contribution in [-0.2, 0) is 4.79 Å². The third kappa shape index (κ3) is 2.58. The van der Waals surface area contributed by atoms with Gasteiger partial charge in [-0.15, -0.1) is 0 Å². The zero-order chi connectivity index (χ0) is 6.57. The molecule has 0 saturated carbocycles. The summed E-state index contributed by atoms with van der Waals surface area (Å²) in [6.07, 6.45) is 3.23. The lowest BCUT2D eigenvalue weighted by Gasteiger charge is -1.96. The number of hydrogen-bond donors (Lipinski definition) is 1. The van der Waals surface area contributed by atoms with Crippen LogP contribution in [0.3, 0.4) is 0 Å². The van der Waals surface area contributed by atoms with E-state index in [4.69, 9.17) is 13.6 Å². The van der Waals surface area contributed by atoms with Gasteiger partial charge in [-0.1, -0.05) is 12.2 Å². The van der Waals surface area contributed by atoms with Crippen LogP contribution in [0, 0.1) is 0 Å². The summed E-state index contributed by atoms with van der Waals surface area (Å²) >= 11 is 0. The van der Waals surface area contributed by atoms with Crippen LogP contribution in [0.1, 0.15) is 6.92 Å². The highest BCUT2D eigenvalue weighted by Gasteiger charge is 1.98. The second-order valence-corrected chi connectivity index (χ2v) is 1.45. The Morgan fingerprint density at radius 1 is 1.88 bits per heavy atom. The average molecular weight is 109 g/mol. The van der Waals surface area contributed by atoms with E-state index in [0.717, 1.165) is 0 Å². The summed E-state index contributed by atoms with van der Waals surface area (Å²) in [4.78, 5) is 10.1. The van der Waals surface area contributed by atoms with Crippen molar-refractivity contribution in [1.82, 2.24) is 0 Å². The van der Waals surface area contributed by atoms with Gasteiger partial charge in [0, 0.05) is 0 Å². The van der Waals surface area contributed by atoms with Crippen LogP contribution < -0.4 is 5.73 Å². The van der Waals surface area contributed by atoms with E-state index in [1.807, 2.05) is 0 Å². The number of nitrogens with two attached hydrogens (primary N) is 1. The lowest BCUT2D eigenvalue weighted by molar-refractivity contribution is -0.112. The Hall–Kier alpha value is -0.565. The van der Waals surface area contributed by atoms with E-state index in [-0.39, 0.29) is 0 Å². The first kappa shape index (κ1) is 7.43. The highest BCUT2D eigenvalue weighted by Crippen LogP contribution is 1.78. The first-order valence-electron chi connectivity index (χ1n) is 2.36. The first-order chi connectivity index (χ1) is 3.68. The van der Waals surface area contributed by atoms with Gasteiger partial charge >= 0.3 is 0 Å². The van der Waals surface area contributed by atoms with Crippen molar-refractivity contribution in [3.8, 4) is 0 Å². The second kappa shape index (κ2) is 3.44. The minimum atomic E-state index is -0.625. The molecule has 2 nitrogen and oxygen atoms in total. The summed E-state index contributed by atoms with van der Waals surface area (Å²) < 4.78 is 0. The molecule has 2 N–H and O–H groups in total. The lowest BCUT2D eigenvalue weighted by Crippen LogP contribution is -2.27. The summed E-state index contributed by atoms with van der Waals surface area (Å²) in [6, 6.07) is -0.625. The molecule has 0 fully saturated rings. The quantitative estimate of drug-likeness (QED) is 0.386. The fraction of sp³-hybridized carbons (Fsp3) is 0.400. The smallest absolute Gasteiger partial charge is 0.170 e. The third-order valence-electron chi connectivity index (χ3n) is 0.728. The molecule has 8 heavy (non-hydrogen) atoms. The minimum absolute atomic E-state index is 0.497. The fourth-order valence-electron chi connectivity index (χ4n) is 0.302. The average Bonchev–Trinajstić information content (AvgIpc) is 1.67. The van der Waals surface area contributed by atoms with Crippen molar-refractivity contribution in [2.75, 3.05) is 0 Å². The predicted molar refractivity (Wildman–Crippen MR) is 33.6 cm³/mol. The fourth-order valence-corrected chi connectivity index (χ4v) is 0.302. The van der Waals surface area contributed by atoms with Crippen molar-refractivity contribution in [3.63, 3.8) is 0 Å². The van der Waals surface area contributed by atoms with Crippen LogP contribution in [0.5, 0.6) is 0 Å². The van der Waals surface area contributed by atoms with Gasteiger partial charge in [0.25, 0.3) is 0 Å². The van der Waals surface area contributed by atoms with Gasteiger partial charge in [0.2, 0.25) is 0 Å². The molecular formula is C5H8BNO. The Bertz CT molecular complexity index is 111. The van der Waals surface area contributed by atoms with Gasteiger partial charge < -0.3 is 10.5 Å². The van der Waals surface area contributed by atoms with E-state index >= 15 is 0 Å². The normalized spacial score (nSPS) is 14.2. The number of hydrogen-bond acceptors (Lipinski definition) is 2. The molecule has 1 atom stereocenters. The van der Waals surface area contributed by atoms with Gasteiger partial charge in [-0.05, 0) is 6.92 Å². The molecule has 42 valence electrons. The zero-order valence-electron chi connectivity index (χ0n) is 4.79. The highest BCUT2D eigenvalue weighted by atomic mass is 16.1. The highest BCUT2D eigenvalue weighted by molar-refractivity contribution is 6.59. The maximum atomic E-state index is 10.1. The summed E-state index contributed by atoms with van der Waals surface area (Å²) in [5, 5.41) is 0. The molecule has 0 bridgehead atoms. The Morgan fingerprint density at radius 2 is 2.38 bits per heavy atom. The molecule has 0 aliphatic carbocycles. The van der Waals surface area contributed by atoms with Gasteiger partial charge in [-0.25, -0.2) is 0 Å². The summed E-state index contributed by atoms with van der Waals surface area (Å²) in [7, 11) is 4.81. The standard InChI is InChI=1S/C5H8BNO/c1-2-3-4(7)5(6)8/h2-4H,7H2,1H3. The Kier molecular flexibility index (Phi) is 3.20. The van der Waals surface area contributed by atoms with Crippen molar-refractivity contribution in [2.45, 2.75) is 13.0 Å². The van der Waals surface area contributed by atoms with Crippen molar-refractivity contribution in [2.24, 2.45) is 5.73 Å². The van der Waals surface area contributed by atoms with E-state index in [1.165, 1.54) is 0 Å². The third-order valence-corrected chi connectivity index (χ3v) is 0.728. The van der Waals surface area contributed by atoms with Crippen molar-refractivity contribution < 1.29 is 4.79 Å². The predicted octanol–water partition coefficient (Wildman–Crippen LogP) is -0.415. The molecule has 0 aliphatic heterocycles. The molecule has 1 unspecified atom stereocenters. The molecule has 0 aromatic carbocycles. The monoisotopic (exact) mass is 109 g/mol. The van der Waals surface area contributed by atoms with E-state index in [2.05, 4.69) is 0 Å². The van der Waals surface area contributed by atoms with Crippen LogP contribution in [-0.4, -0.2) is 19.6 Å². The van der Waals surface area contributed by atoms with Crippen LogP contribution in [0.4, 0.5) is 0 Å². The van der Waals surface area contributed by atoms with Crippen LogP contribution >= 0.6 is 0 Å². The van der Waals surface area contributed by atoms with Gasteiger partial charge in [0.1, 0.15) is 0 Å². The van der Waals surface area contributed by atoms with Crippen molar-refractivity contribution in [3.05, 3.63) is 12.2 Å². The minimum Gasteiger partial charge on any atom is -0.319 e. The molecule has 0 amide bonds. The van der Waals surface area contributed by atoms with Gasteiger partial charge in [0.15, 0.2) is 7.85 Å². The SMILES string of the molecule is [B]C(=O)C(N)C=CC. The molecule has 0 rings (SSSR count). The summed E-state index contributed by atoms with van der Waals surface area (Å²) in [5.74, 6) is 0. The summed E-state index contributed by atoms with van der Waals surface area (Å²) in [5.41, 5.74) is 4.67. The molecular weight excluding hydrogens is 101 g/mol. The first-order valence-corrected chi connectivity index (χ1v) is 2.36. The van der Waals surface area contributed by atoms with E-state index in [1.54, 1.807) is 19.1 Å². The van der Waals surface area contributed by atoms with Crippen LogP contribution in [0.25, 0.3) is 0 Å². The van der Waals surface area contributed by atoms with E-state index in [0.29, 0.717) is 0 Å². The van der Waals surface area contributed by atoms with E-state index in [9.17, 15) is 4.79 Å². The van der Waals surface area contributed by atoms with Gasteiger partial charge in [-0.3, -0.25) is 0 Å². The second-order valence-electron chi connectivity index (χ2n) is 1.45. The van der Waals surface area contributed by atoms with Crippen LogP contribution in [0.2, 0.25) is 0 Å². The molecule has 2 radical (unpaired) electrons. The molecule has 0 saturated heterocycles. The number of rotatable bonds is 2. The lowest BCUT2D eigenvalue weighted by atomic mass is 9.95. The van der Waals surface area contributed by atoms with Gasteiger partial charge in [-0.2, -0.15) is 0 Å². The Labute approximate surface area is 50.2 Å². The zero-order valence-corrected chi connectivity index (χ0v) is 4.79. The molecule has 0 aliphatic rings. The van der Waals surface area contributed by atoms with Crippen molar-refractivity contribution in [1.29, 1.82) is 0 Å². The molecule has 0 heterocycles. The largest absolute Gasteiger partial charge is 0.319 e. The van der Waals surface area contributed by atoms with Gasteiger partial charge in [0.05, 0.1) is 11.7 Å². The maximum absolute atomic E-state index is 10.1. The number of allylic oxidation sites excluding steroid dienone is 1. The number of carbonyl (C=O) groups excluding carboxylic acids is 1. The molecule has 0 aromatic heterocycles. The van der Waals surface area contributed by atoms with Crippen molar-refractivity contribution >= 4 is 13.5 Å². The number of carbonyl (C=O) groups is 1. The maximum Gasteiger partial charge on any atom is 0.170 e. The Balaban J connectivity index is 3.64. The molecule has 0 spiro atoms. The Morgan fingerprint density at radius 3 is 2.50 bits per heavy atom. The van der Waals surface area contributed by atoms with E-state index < -0.39 is 11.7 Å². The topological polar surface area (TPSA) is 43.1 Å². The molecule has 3 heteroatoms. The summed E-state index contributed by atoms with van der Waals surface area (Å²) in [6.45, 7) is 1.78. The molecule has 0 aromatic rings. The van der Waals surface area contributed by atoms with Crippen LogP contribution in [0.15, 0.2) is 12.2 Å².